The molecule has 2 aromatic heterocycles. The van der Waals surface area contributed by atoms with E-state index in [1.54, 1.807) is 11.3 Å². The largest absolute Gasteiger partial charge is 0.463 e. The molecule has 1 aliphatic heterocycles. The molecule has 4 aromatic rings. The third-order valence-electron chi connectivity index (χ3n) is 5.60. The van der Waals surface area contributed by atoms with Crippen LogP contribution in [0.3, 0.4) is 0 Å². The van der Waals surface area contributed by atoms with Gasteiger partial charge in [-0.15, -0.1) is 0 Å². The van der Waals surface area contributed by atoms with Gasteiger partial charge in [-0.3, -0.25) is 4.79 Å². The highest BCUT2D eigenvalue weighted by molar-refractivity contribution is 6.01. The van der Waals surface area contributed by atoms with Crippen LogP contribution < -0.4 is 0 Å². The normalized spacial score (nSPS) is 15.7. The van der Waals surface area contributed by atoms with Crippen molar-refractivity contribution < 1.29 is 9.21 Å². The molecule has 2 aromatic carbocycles. The molecule has 3 heterocycles. The zero-order valence-electron chi connectivity index (χ0n) is 17.9. The molecule has 0 aliphatic carbocycles. The van der Waals surface area contributed by atoms with Gasteiger partial charge in [0, 0.05) is 30.2 Å². The first kappa shape index (κ1) is 20.0. The summed E-state index contributed by atoms with van der Waals surface area (Å²) in [4.78, 5) is 13.0. The highest BCUT2D eigenvalue weighted by atomic mass is 16.3. The number of hydrogen-bond donors (Lipinski definition) is 0. The number of carbonyl (C=O) groups is 1. The number of para-hydroxylation sites is 1. The molecular weight excluding hydrogens is 400 g/mol. The Morgan fingerprint density at radius 2 is 1.78 bits per heavy atom. The molecule has 0 spiro atoms. The predicted octanol–water partition coefficient (Wildman–Crippen LogP) is 5.61. The molecule has 160 valence electrons. The zero-order valence-corrected chi connectivity index (χ0v) is 17.9. The van der Waals surface area contributed by atoms with Gasteiger partial charge >= 0.3 is 0 Å². The van der Waals surface area contributed by atoms with Crippen LogP contribution in [0.5, 0.6) is 0 Å². The molecule has 0 bridgehead atoms. The van der Waals surface area contributed by atoms with Crippen molar-refractivity contribution in [3.63, 3.8) is 0 Å². The third kappa shape index (κ3) is 3.75. The van der Waals surface area contributed by atoms with E-state index in [1.807, 2.05) is 90.6 Å². The lowest BCUT2D eigenvalue weighted by Crippen LogP contribution is -2.26. The summed E-state index contributed by atoms with van der Waals surface area (Å²) in [5.74, 6) is 0.698. The number of amides is 1. The Morgan fingerprint density at radius 1 is 1.03 bits per heavy atom. The maximum atomic E-state index is 13.0. The molecule has 0 saturated carbocycles. The SMILES string of the molecule is CCCC(=O)N1N=C(c2ccco2)C[C@H]1c1cn(-c2ccccc2)nc1-c1ccccc1. The minimum absolute atomic E-state index is 0.00512. The van der Waals surface area contributed by atoms with Gasteiger partial charge in [-0.25, -0.2) is 9.69 Å². The fourth-order valence-corrected chi connectivity index (χ4v) is 4.07. The van der Waals surface area contributed by atoms with Crippen LogP contribution in [-0.4, -0.2) is 26.4 Å². The van der Waals surface area contributed by atoms with E-state index in [9.17, 15) is 4.79 Å². The van der Waals surface area contributed by atoms with Crippen molar-refractivity contribution >= 4 is 11.6 Å². The van der Waals surface area contributed by atoms with E-state index < -0.39 is 0 Å². The molecule has 6 nitrogen and oxygen atoms in total. The molecule has 0 unspecified atom stereocenters. The van der Waals surface area contributed by atoms with E-state index in [2.05, 4.69) is 0 Å². The van der Waals surface area contributed by atoms with Crippen LogP contribution in [0.15, 0.2) is 94.8 Å². The Labute approximate surface area is 186 Å². The summed E-state index contributed by atoms with van der Waals surface area (Å²) in [5.41, 5.74) is 4.56. The second-order valence-corrected chi connectivity index (χ2v) is 7.81. The van der Waals surface area contributed by atoms with Crippen LogP contribution >= 0.6 is 0 Å². The number of carbonyl (C=O) groups excluding carboxylic acids is 1. The molecule has 6 heteroatoms. The van der Waals surface area contributed by atoms with E-state index >= 15 is 0 Å². The van der Waals surface area contributed by atoms with E-state index in [0.717, 1.165) is 34.6 Å². The van der Waals surface area contributed by atoms with Crippen molar-refractivity contribution in [2.45, 2.75) is 32.2 Å². The Hall–Kier alpha value is -3.93. The number of benzene rings is 2. The zero-order chi connectivity index (χ0) is 21.9. The Balaban J connectivity index is 1.61. The van der Waals surface area contributed by atoms with Crippen LogP contribution in [0.25, 0.3) is 16.9 Å². The monoisotopic (exact) mass is 424 g/mol. The average Bonchev–Trinajstić information content (AvgIpc) is 3.59. The van der Waals surface area contributed by atoms with Crippen molar-refractivity contribution in [2.75, 3.05) is 0 Å². The van der Waals surface area contributed by atoms with E-state index in [-0.39, 0.29) is 11.9 Å². The molecule has 0 N–H and O–H groups in total. The molecule has 1 amide bonds. The number of hydrogen-bond acceptors (Lipinski definition) is 4. The molecule has 1 aliphatic rings. The molecule has 32 heavy (non-hydrogen) atoms. The Kier molecular flexibility index (Phi) is 5.42. The fourth-order valence-electron chi connectivity index (χ4n) is 4.07. The summed E-state index contributed by atoms with van der Waals surface area (Å²) < 4.78 is 7.47. The van der Waals surface area contributed by atoms with E-state index in [0.29, 0.717) is 18.6 Å². The van der Waals surface area contributed by atoms with Gasteiger partial charge in [-0.05, 0) is 30.7 Å². The summed E-state index contributed by atoms with van der Waals surface area (Å²) in [7, 11) is 0. The lowest BCUT2D eigenvalue weighted by molar-refractivity contribution is -0.133. The highest BCUT2D eigenvalue weighted by Crippen LogP contribution is 2.38. The summed E-state index contributed by atoms with van der Waals surface area (Å²) in [6.45, 7) is 2.00. The van der Waals surface area contributed by atoms with Gasteiger partial charge in [-0.2, -0.15) is 10.2 Å². The molecule has 0 saturated heterocycles. The first-order chi connectivity index (χ1) is 15.7. The maximum Gasteiger partial charge on any atom is 0.243 e. The van der Waals surface area contributed by atoms with E-state index in [1.165, 1.54) is 0 Å². The summed E-state index contributed by atoms with van der Waals surface area (Å²) >= 11 is 0. The minimum Gasteiger partial charge on any atom is -0.463 e. The first-order valence-corrected chi connectivity index (χ1v) is 10.9. The second kappa shape index (κ2) is 8.67. The van der Waals surface area contributed by atoms with Crippen LogP contribution in [0, 0.1) is 0 Å². The average molecular weight is 425 g/mol. The topological polar surface area (TPSA) is 63.6 Å². The second-order valence-electron chi connectivity index (χ2n) is 7.81. The van der Waals surface area contributed by atoms with Gasteiger partial charge in [0.1, 0.15) is 11.5 Å². The summed E-state index contributed by atoms with van der Waals surface area (Å²) in [5, 5.41) is 11.2. The summed E-state index contributed by atoms with van der Waals surface area (Å²) in [6, 6.07) is 23.6. The number of aromatic nitrogens is 2. The predicted molar refractivity (Wildman–Crippen MR) is 123 cm³/mol. The third-order valence-corrected chi connectivity index (χ3v) is 5.60. The maximum absolute atomic E-state index is 13.0. The number of furan rings is 1. The van der Waals surface area contributed by atoms with Crippen LogP contribution in [0.4, 0.5) is 0 Å². The standard InChI is InChI=1S/C26H24N4O2/c1-2-10-25(31)30-23(17-22(27-30)24-15-9-16-32-24)21-18-29(20-13-7-4-8-14-20)28-26(21)19-11-5-3-6-12-19/h3-9,11-16,18,23H,2,10,17H2,1H3/t23-/m0/s1. The lowest BCUT2D eigenvalue weighted by atomic mass is 9.98. The molecule has 0 radical (unpaired) electrons. The highest BCUT2D eigenvalue weighted by Gasteiger charge is 2.36. The molecule has 0 fully saturated rings. The van der Waals surface area contributed by atoms with Crippen molar-refractivity contribution in [1.82, 2.24) is 14.8 Å². The first-order valence-electron chi connectivity index (χ1n) is 10.9. The van der Waals surface area contributed by atoms with Gasteiger partial charge in [0.15, 0.2) is 0 Å². The van der Waals surface area contributed by atoms with Crippen molar-refractivity contribution in [3.05, 3.63) is 96.6 Å². The number of rotatable bonds is 6. The number of nitrogens with zero attached hydrogens (tertiary/aromatic N) is 4. The van der Waals surface area contributed by atoms with Crippen molar-refractivity contribution in [1.29, 1.82) is 0 Å². The molecule has 1 atom stereocenters. The van der Waals surface area contributed by atoms with Gasteiger partial charge in [0.2, 0.25) is 5.91 Å². The van der Waals surface area contributed by atoms with E-state index in [4.69, 9.17) is 14.6 Å². The fraction of sp³-hybridized carbons (Fsp3) is 0.192. The van der Waals surface area contributed by atoms with Crippen molar-refractivity contribution in [3.8, 4) is 16.9 Å². The van der Waals surface area contributed by atoms with Gasteiger partial charge < -0.3 is 4.42 Å². The van der Waals surface area contributed by atoms with Crippen molar-refractivity contribution in [2.24, 2.45) is 5.10 Å². The lowest BCUT2D eigenvalue weighted by Gasteiger charge is -2.21. The smallest absolute Gasteiger partial charge is 0.243 e. The Morgan fingerprint density at radius 3 is 2.47 bits per heavy atom. The van der Waals surface area contributed by atoms with Gasteiger partial charge in [-0.1, -0.05) is 55.5 Å². The van der Waals surface area contributed by atoms with Crippen LogP contribution in [-0.2, 0) is 4.79 Å². The summed E-state index contributed by atoms with van der Waals surface area (Å²) in [6.07, 6.45) is 5.44. The quantitative estimate of drug-likeness (QED) is 0.404. The minimum atomic E-state index is -0.248. The van der Waals surface area contributed by atoms with Gasteiger partial charge in [0.05, 0.1) is 23.7 Å². The van der Waals surface area contributed by atoms with Gasteiger partial charge in [0.25, 0.3) is 0 Å². The van der Waals surface area contributed by atoms with Crippen LogP contribution in [0.2, 0.25) is 0 Å². The Bertz CT molecular complexity index is 1230. The number of hydrazone groups is 1. The van der Waals surface area contributed by atoms with Crippen LogP contribution in [0.1, 0.15) is 43.6 Å². The molecular formula is C26H24N4O2. The molecule has 5 rings (SSSR count).